The Kier molecular flexibility index (Phi) is 17.7. The van der Waals surface area contributed by atoms with Gasteiger partial charge in [0.25, 0.3) is 0 Å². The van der Waals surface area contributed by atoms with Crippen molar-refractivity contribution in [2.45, 2.75) is 38.2 Å². The van der Waals surface area contributed by atoms with Crippen molar-refractivity contribution in [3.05, 3.63) is 49.1 Å². The fraction of sp³-hybridized carbons (Fsp3) is 0.458. The van der Waals surface area contributed by atoms with Gasteiger partial charge in [0.15, 0.2) is 11.5 Å². The van der Waals surface area contributed by atoms with Gasteiger partial charge >= 0.3 is 29.6 Å². The Morgan fingerprint density at radius 3 is 2.09 bits per heavy atom. The number of hydrogen-bond acceptors (Lipinski definition) is 7. The van der Waals surface area contributed by atoms with Crippen LogP contribution >= 0.6 is 0 Å². The van der Waals surface area contributed by atoms with Gasteiger partial charge in [0, 0.05) is 26.1 Å². The van der Waals surface area contributed by atoms with Gasteiger partial charge in [0.2, 0.25) is 11.8 Å². The molecule has 0 aliphatic carbocycles. The van der Waals surface area contributed by atoms with Crippen LogP contribution in [0.25, 0.3) is 0 Å². The smallest absolute Gasteiger partial charge is 0.547 e. The summed E-state index contributed by atoms with van der Waals surface area (Å²) in [4.78, 5) is 33.6. The van der Waals surface area contributed by atoms with Crippen molar-refractivity contribution >= 4 is 17.8 Å². The monoisotopic (exact) mass is 484 g/mol. The maximum Gasteiger partial charge on any atom is 1.00 e. The fourth-order valence-corrected chi connectivity index (χ4v) is 2.81. The molecule has 9 nitrogen and oxygen atoms in total. The maximum atomic E-state index is 11.5. The minimum absolute atomic E-state index is 0. The van der Waals surface area contributed by atoms with Crippen molar-refractivity contribution in [3.8, 4) is 11.5 Å². The standard InChI is InChI=1S/C24H34N2O7.Na/c1-4-22(27)25-12-6-8-14-32-19-11-10-18(16-20(19)31-3)17-21(24(29)30)33-15-9-7-13-26-23(28)5-2;/h4-5,10-11,16,21H,1-2,6-9,12-15,17H2,3H3,(H,25,27)(H,26,28)(H,29,30);/q;+1/p-1. The van der Waals surface area contributed by atoms with Gasteiger partial charge in [0.1, 0.15) is 6.10 Å². The molecule has 0 fully saturated rings. The molecule has 0 spiro atoms. The number of unbranched alkanes of at least 4 members (excludes halogenated alkanes) is 2. The van der Waals surface area contributed by atoms with Gasteiger partial charge in [-0.3, -0.25) is 9.59 Å². The molecule has 0 aliphatic heterocycles. The van der Waals surface area contributed by atoms with E-state index in [0.717, 1.165) is 12.8 Å². The van der Waals surface area contributed by atoms with E-state index in [1.807, 2.05) is 0 Å². The van der Waals surface area contributed by atoms with E-state index in [9.17, 15) is 19.5 Å². The molecule has 182 valence electrons. The normalized spacial score (nSPS) is 10.9. The molecule has 1 rings (SSSR count). The van der Waals surface area contributed by atoms with Crippen LogP contribution in [-0.4, -0.2) is 57.3 Å². The van der Waals surface area contributed by atoms with Crippen LogP contribution in [0.3, 0.4) is 0 Å². The van der Waals surface area contributed by atoms with Crippen LogP contribution in [-0.2, 0) is 25.5 Å². The Labute approximate surface area is 223 Å². The molecular weight excluding hydrogens is 451 g/mol. The van der Waals surface area contributed by atoms with E-state index in [1.54, 1.807) is 18.2 Å². The molecule has 2 N–H and O–H groups in total. The van der Waals surface area contributed by atoms with E-state index in [4.69, 9.17) is 14.2 Å². The first-order valence-corrected chi connectivity index (χ1v) is 10.8. The molecule has 0 bridgehead atoms. The molecule has 0 aromatic heterocycles. The van der Waals surface area contributed by atoms with Crippen LogP contribution in [0.4, 0.5) is 0 Å². The minimum Gasteiger partial charge on any atom is -0.547 e. The fourth-order valence-electron chi connectivity index (χ4n) is 2.81. The van der Waals surface area contributed by atoms with Gasteiger partial charge in [0.05, 0.1) is 19.7 Å². The van der Waals surface area contributed by atoms with Crippen molar-refractivity contribution in [1.29, 1.82) is 0 Å². The largest absolute Gasteiger partial charge is 1.00 e. The molecule has 0 aliphatic rings. The average molecular weight is 485 g/mol. The number of amides is 2. The molecule has 1 aromatic carbocycles. The number of carboxylic acid groups (broad SMARTS) is 1. The van der Waals surface area contributed by atoms with Crippen molar-refractivity contribution < 1.29 is 63.3 Å². The molecule has 1 atom stereocenters. The van der Waals surface area contributed by atoms with Gasteiger partial charge in [-0.1, -0.05) is 19.2 Å². The topological polar surface area (TPSA) is 126 Å². The van der Waals surface area contributed by atoms with Crippen molar-refractivity contribution in [1.82, 2.24) is 10.6 Å². The van der Waals surface area contributed by atoms with Crippen molar-refractivity contribution in [2.75, 3.05) is 33.4 Å². The number of methoxy groups -OCH3 is 1. The molecule has 0 heterocycles. The SMILES string of the molecule is C=CC(=O)NCCCCOc1ccc(CC(OCCCCNC(=O)C=C)C(=O)[O-])cc1OC.[Na+]. The second-order valence-electron chi connectivity index (χ2n) is 7.12. The summed E-state index contributed by atoms with van der Waals surface area (Å²) in [6, 6.07) is 5.19. The van der Waals surface area contributed by atoms with E-state index in [-0.39, 0.29) is 54.4 Å². The molecular formula is C24H33N2NaO7. The van der Waals surface area contributed by atoms with Crippen LogP contribution < -0.4 is 54.8 Å². The van der Waals surface area contributed by atoms with Gasteiger partial charge in [-0.2, -0.15) is 0 Å². The number of hydrogen-bond donors (Lipinski definition) is 2. The second kappa shape index (κ2) is 19.0. The Bertz CT molecular complexity index is 802. The molecule has 0 saturated heterocycles. The number of aliphatic carboxylic acids is 1. The van der Waals surface area contributed by atoms with Crippen LogP contribution in [0.15, 0.2) is 43.5 Å². The number of carbonyl (C=O) groups excluding carboxylic acids is 3. The van der Waals surface area contributed by atoms with Gasteiger partial charge in [-0.15, -0.1) is 0 Å². The Balaban J connectivity index is 0.0000109. The first-order valence-electron chi connectivity index (χ1n) is 10.8. The van der Waals surface area contributed by atoms with Crippen molar-refractivity contribution in [3.63, 3.8) is 0 Å². The van der Waals surface area contributed by atoms with E-state index in [0.29, 0.717) is 49.6 Å². The van der Waals surface area contributed by atoms with Gasteiger partial charge in [-0.25, -0.2) is 0 Å². The first-order chi connectivity index (χ1) is 15.9. The summed E-state index contributed by atoms with van der Waals surface area (Å²) in [5.41, 5.74) is 0.707. The van der Waals surface area contributed by atoms with Crippen LogP contribution in [0, 0.1) is 0 Å². The zero-order chi connectivity index (χ0) is 24.5. The zero-order valence-corrected chi connectivity index (χ0v) is 22.1. The average Bonchev–Trinajstić information content (AvgIpc) is 2.82. The Morgan fingerprint density at radius 1 is 0.971 bits per heavy atom. The minimum atomic E-state index is -1.29. The van der Waals surface area contributed by atoms with Gasteiger partial charge < -0.3 is 34.7 Å². The summed E-state index contributed by atoms with van der Waals surface area (Å²) in [5, 5.41) is 16.8. The molecule has 1 unspecified atom stereocenters. The maximum absolute atomic E-state index is 11.5. The number of carbonyl (C=O) groups is 3. The first kappa shape index (κ1) is 31.7. The summed E-state index contributed by atoms with van der Waals surface area (Å²) < 4.78 is 16.6. The second-order valence-corrected chi connectivity index (χ2v) is 7.12. The summed E-state index contributed by atoms with van der Waals surface area (Å²) in [6.45, 7) is 8.44. The molecule has 0 radical (unpaired) electrons. The summed E-state index contributed by atoms with van der Waals surface area (Å²) in [7, 11) is 1.51. The van der Waals surface area contributed by atoms with E-state index in [1.165, 1.54) is 19.3 Å². The van der Waals surface area contributed by atoms with Gasteiger partial charge in [-0.05, 0) is 55.5 Å². The van der Waals surface area contributed by atoms with E-state index < -0.39 is 12.1 Å². The molecule has 34 heavy (non-hydrogen) atoms. The molecule has 2 amide bonds. The number of ether oxygens (including phenoxy) is 3. The predicted octanol–water partition coefficient (Wildman–Crippen LogP) is -2.08. The third-order valence-corrected chi connectivity index (χ3v) is 4.60. The Hall–Kier alpha value is -2.33. The van der Waals surface area contributed by atoms with E-state index in [2.05, 4.69) is 23.8 Å². The third-order valence-electron chi connectivity index (χ3n) is 4.60. The van der Waals surface area contributed by atoms with E-state index >= 15 is 0 Å². The molecule has 0 saturated carbocycles. The van der Waals surface area contributed by atoms with Crippen LogP contribution in [0.2, 0.25) is 0 Å². The summed E-state index contributed by atoms with van der Waals surface area (Å²) >= 11 is 0. The quantitative estimate of drug-likeness (QED) is 0.139. The Morgan fingerprint density at radius 2 is 1.56 bits per heavy atom. The summed E-state index contributed by atoms with van der Waals surface area (Å²) in [6.07, 6.45) is 4.18. The molecule has 10 heteroatoms. The zero-order valence-electron chi connectivity index (χ0n) is 20.1. The third kappa shape index (κ3) is 13.4. The molecule has 1 aromatic rings. The number of nitrogens with one attached hydrogen (secondary N) is 2. The predicted molar refractivity (Wildman–Crippen MR) is 122 cm³/mol. The number of carboxylic acids is 1. The van der Waals surface area contributed by atoms with Crippen molar-refractivity contribution in [2.24, 2.45) is 0 Å². The number of benzene rings is 1. The van der Waals surface area contributed by atoms with Crippen LogP contribution in [0.1, 0.15) is 31.2 Å². The van der Waals surface area contributed by atoms with Crippen LogP contribution in [0.5, 0.6) is 11.5 Å². The number of rotatable bonds is 18. The summed E-state index contributed by atoms with van der Waals surface area (Å²) in [5.74, 6) is -0.713.